The Morgan fingerprint density at radius 1 is 1.21 bits per heavy atom. The van der Waals surface area contributed by atoms with Gasteiger partial charge in [-0.15, -0.1) is 0 Å². The quantitative estimate of drug-likeness (QED) is 0.919. The standard InChI is InChI=1S/C16H23BrN2/c17-14-7-6-13(8-9-18)16(11-14)19-10-2-4-12-3-1-5-15(12)19/h6-7,11-12,15H,1-5,8-10,18H2. The minimum Gasteiger partial charge on any atom is -0.368 e. The molecule has 0 amide bonds. The second-order valence-electron chi connectivity index (χ2n) is 5.91. The van der Waals surface area contributed by atoms with E-state index in [2.05, 4.69) is 39.0 Å². The molecule has 2 fully saturated rings. The minimum atomic E-state index is 0.733. The second kappa shape index (κ2) is 5.84. The number of rotatable bonds is 3. The first kappa shape index (κ1) is 13.4. The summed E-state index contributed by atoms with van der Waals surface area (Å²) < 4.78 is 1.18. The molecule has 1 aromatic carbocycles. The Morgan fingerprint density at radius 2 is 2.05 bits per heavy atom. The number of halogens is 1. The van der Waals surface area contributed by atoms with Gasteiger partial charge in [-0.05, 0) is 62.3 Å². The Morgan fingerprint density at radius 3 is 2.89 bits per heavy atom. The molecule has 2 unspecified atom stereocenters. The Hall–Kier alpha value is -0.540. The summed E-state index contributed by atoms with van der Waals surface area (Å²) >= 11 is 3.63. The van der Waals surface area contributed by atoms with E-state index in [1.807, 2.05) is 0 Å². The lowest BCUT2D eigenvalue weighted by Gasteiger charge is -2.40. The molecule has 1 saturated carbocycles. The minimum absolute atomic E-state index is 0.733. The van der Waals surface area contributed by atoms with Crippen LogP contribution in [0.5, 0.6) is 0 Å². The van der Waals surface area contributed by atoms with E-state index in [9.17, 15) is 0 Å². The maximum atomic E-state index is 5.77. The van der Waals surface area contributed by atoms with Crippen molar-refractivity contribution in [1.29, 1.82) is 0 Å². The van der Waals surface area contributed by atoms with Gasteiger partial charge in [-0.1, -0.05) is 28.4 Å². The first-order valence-corrected chi connectivity index (χ1v) is 8.34. The largest absolute Gasteiger partial charge is 0.368 e. The first-order chi connectivity index (χ1) is 9.29. The zero-order valence-corrected chi connectivity index (χ0v) is 13.0. The molecule has 1 aliphatic carbocycles. The zero-order valence-electron chi connectivity index (χ0n) is 11.4. The third kappa shape index (κ3) is 2.68. The average Bonchev–Trinajstić information content (AvgIpc) is 2.89. The Bertz CT molecular complexity index is 446. The van der Waals surface area contributed by atoms with Crippen LogP contribution in [-0.2, 0) is 6.42 Å². The second-order valence-corrected chi connectivity index (χ2v) is 6.82. The fraction of sp³-hybridized carbons (Fsp3) is 0.625. The maximum absolute atomic E-state index is 5.77. The summed E-state index contributed by atoms with van der Waals surface area (Å²) in [6, 6.07) is 7.46. The molecule has 3 heteroatoms. The van der Waals surface area contributed by atoms with Crippen LogP contribution >= 0.6 is 15.9 Å². The zero-order chi connectivity index (χ0) is 13.2. The molecule has 104 valence electrons. The molecule has 0 spiro atoms. The van der Waals surface area contributed by atoms with Gasteiger partial charge in [0, 0.05) is 22.7 Å². The van der Waals surface area contributed by atoms with E-state index >= 15 is 0 Å². The molecular weight excluding hydrogens is 300 g/mol. The van der Waals surface area contributed by atoms with Crippen LogP contribution in [0.1, 0.15) is 37.7 Å². The highest BCUT2D eigenvalue weighted by molar-refractivity contribution is 9.10. The van der Waals surface area contributed by atoms with Crippen LogP contribution < -0.4 is 10.6 Å². The number of piperidine rings is 1. The van der Waals surface area contributed by atoms with Crippen molar-refractivity contribution >= 4 is 21.6 Å². The van der Waals surface area contributed by atoms with E-state index in [1.165, 1.54) is 54.4 Å². The van der Waals surface area contributed by atoms with Gasteiger partial charge in [0.25, 0.3) is 0 Å². The van der Waals surface area contributed by atoms with Crippen molar-refractivity contribution in [3.8, 4) is 0 Å². The summed E-state index contributed by atoms with van der Waals surface area (Å²) in [5, 5.41) is 0. The number of nitrogens with two attached hydrogens (primary N) is 1. The van der Waals surface area contributed by atoms with E-state index < -0.39 is 0 Å². The van der Waals surface area contributed by atoms with Gasteiger partial charge in [0.05, 0.1) is 0 Å². The predicted octanol–water partition coefficient (Wildman–Crippen LogP) is 3.72. The van der Waals surface area contributed by atoms with Gasteiger partial charge in [0.15, 0.2) is 0 Å². The predicted molar refractivity (Wildman–Crippen MR) is 84.6 cm³/mol. The molecule has 0 radical (unpaired) electrons. The van der Waals surface area contributed by atoms with Gasteiger partial charge >= 0.3 is 0 Å². The first-order valence-electron chi connectivity index (χ1n) is 7.54. The Kier molecular flexibility index (Phi) is 4.13. The molecule has 2 aliphatic rings. The highest BCUT2D eigenvalue weighted by Crippen LogP contribution is 2.40. The SMILES string of the molecule is NCCc1ccc(Br)cc1N1CCCC2CCCC21. The molecule has 1 saturated heterocycles. The van der Waals surface area contributed by atoms with Crippen molar-refractivity contribution in [1.82, 2.24) is 0 Å². The Balaban J connectivity index is 1.93. The summed E-state index contributed by atoms with van der Waals surface area (Å²) in [7, 11) is 0. The van der Waals surface area contributed by atoms with Crippen LogP contribution in [0.25, 0.3) is 0 Å². The van der Waals surface area contributed by atoms with Crippen molar-refractivity contribution in [2.75, 3.05) is 18.0 Å². The van der Waals surface area contributed by atoms with Crippen LogP contribution in [0.15, 0.2) is 22.7 Å². The molecular formula is C16H23BrN2. The molecule has 1 aromatic rings. The van der Waals surface area contributed by atoms with Gasteiger partial charge < -0.3 is 10.6 Å². The molecule has 0 aromatic heterocycles. The van der Waals surface area contributed by atoms with Crippen LogP contribution in [0.4, 0.5) is 5.69 Å². The van der Waals surface area contributed by atoms with Gasteiger partial charge in [-0.2, -0.15) is 0 Å². The topological polar surface area (TPSA) is 29.3 Å². The fourth-order valence-corrected chi connectivity index (χ4v) is 4.27. The van der Waals surface area contributed by atoms with Crippen LogP contribution in [0.3, 0.4) is 0 Å². The van der Waals surface area contributed by atoms with Crippen molar-refractivity contribution in [3.63, 3.8) is 0 Å². The normalized spacial score (nSPS) is 26.5. The molecule has 2 atom stereocenters. The summed E-state index contributed by atoms with van der Waals surface area (Å²) in [6.45, 7) is 1.95. The van der Waals surface area contributed by atoms with Gasteiger partial charge in [-0.25, -0.2) is 0 Å². The lowest BCUT2D eigenvalue weighted by molar-refractivity contribution is 0.362. The van der Waals surface area contributed by atoms with E-state index in [-0.39, 0.29) is 0 Å². The van der Waals surface area contributed by atoms with Crippen LogP contribution in [0, 0.1) is 5.92 Å². The molecule has 2 N–H and O–H groups in total. The molecule has 1 heterocycles. The van der Waals surface area contributed by atoms with Crippen LogP contribution in [0.2, 0.25) is 0 Å². The summed E-state index contributed by atoms with van der Waals surface area (Å²) in [6.07, 6.45) is 7.97. The third-order valence-electron chi connectivity index (χ3n) is 4.76. The van der Waals surface area contributed by atoms with E-state index in [1.54, 1.807) is 0 Å². The lowest BCUT2D eigenvalue weighted by atomic mass is 9.91. The number of fused-ring (bicyclic) bond motifs is 1. The fourth-order valence-electron chi connectivity index (χ4n) is 3.92. The van der Waals surface area contributed by atoms with Crippen molar-refractivity contribution in [2.45, 2.75) is 44.6 Å². The summed E-state index contributed by atoms with van der Waals surface area (Å²) in [5.41, 5.74) is 8.62. The maximum Gasteiger partial charge on any atom is 0.0413 e. The molecule has 19 heavy (non-hydrogen) atoms. The molecule has 0 bridgehead atoms. The highest BCUT2D eigenvalue weighted by Gasteiger charge is 2.35. The molecule has 3 rings (SSSR count). The van der Waals surface area contributed by atoms with Gasteiger partial charge in [0.2, 0.25) is 0 Å². The Labute approximate surface area is 124 Å². The number of hydrogen-bond acceptors (Lipinski definition) is 2. The van der Waals surface area contributed by atoms with E-state index in [0.29, 0.717) is 0 Å². The summed E-state index contributed by atoms with van der Waals surface area (Å²) in [5.74, 6) is 0.929. The smallest absolute Gasteiger partial charge is 0.0413 e. The average molecular weight is 323 g/mol. The van der Waals surface area contributed by atoms with Crippen LogP contribution in [-0.4, -0.2) is 19.1 Å². The van der Waals surface area contributed by atoms with E-state index in [4.69, 9.17) is 5.73 Å². The third-order valence-corrected chi connectivity index (χ3v) is 5.26. The highest BCUT2D eigenvalue weighted by atomic mass is 79.9. The lowest BCUT2D eigenvalue weighted by Crippen LogP contribution is -2.43. The van der Waals surface area contributed by atoms with Crippen molar-refractivity contribution in [3.05, 3.63) is 28.2 Å². The van der Waals surface area contributed by atoms with Gasteiger partial charge in [-0.3, -0.25) is 0 Å². The number of nitrogens with zero attached hydrogens (tertiary/aromatic N) is 1. The van der Waals surface area contributed by atoms with Gasteiger partial charge in [0.1, 0.15) is 0 Å². The molecule has 2 nitrogen and oxygen atoms in total. The number of benzene rings is 1. The van der Waals surface area contributed by atoms with Crippen molar-refractivity contribution < 1.29 is 0 Å². The summed E-state index contributed by atoms with van der Waals surface area (Å²) in [4.78, 5) is 2.68. The van der Waals surface area contributed by atoms with Crippen molar-refractivity contribution in [2.24, 2.45) is 11.7 Å². The van der Waals surface area contributed by atoms with E-state index in [0.717, 1.165) is 24.9 Å². The molecule has 1 aliphatic heterocycles. The monoisotopic (exact) mass is 322 g/mol. The number of hydrogen-bond donors (Lipinski definition) is 1. The number of anilines is 1.